The molecule has 1 aliphatic carbocycles. The zero-order chi connectivity index (χ0) is 21.2. The number of piperidine rings is 1. The Kier molecular flexibility index (Phi) is 6.42. The van der Waals surface area contributed by atoms with Gasteiger partial charge in [-0.15, -0.1) is 0 Å². The molecule has 2 aliphatic rings. The maximum absolute atomic E-state index is 13.0. The van der Waals surface area contributed by atoms with Crippen LogP contribution in [0.1, 0.15) is 39.5 Å². The first-order valence-electron chi connectivity index (χ1n) is 10.1. The van der Waals surface area contributed by atoms with E-state index < -0.39 is 32.8 Å². The zero-order valence-electron chi connectivity index (χ0n) is 16.8. The number of carbonyl (C=O) groups is 1. The zero-order valence-corrected chi connectivity index (χ0v) is 17.7. The van der Waals surface area contributed by atoms with Crippen molar-refractivity contribution in [1.82, 2.24) is 4.31 Å². The first-order chi connectivity index (χ1) is 13.8. The molecule has 1 amide bonds. The first kappa shape index (κ1) is 21.5. The lowest BCUT2D eigenvalue weighted by Crippen LogP contribution is -2.35. The van der Waals surface area contributed by atoms with Crippen molar-refractivity contribution in [1.29, 1.82) is 0 Å². The average molecular weight is 425 g/mol. The van der Waals surface area contributed by atoms with Gasteiger partial charge in [0.1, 0.15) is 5.92 Å². The molecule has 29 heavy (non-hydrogen) atoms. The molecule has 1 aromatic carbocycles. The van der Waals surface area contributed by atoms with Crippen molar-refractivity contribution in [2.45, 2.75) is 50.5 Å². The van der Waals surface area contributed by atoms with Crippen LogP contribution in [0.5, 0.6) is 0 Å². The van der Waals surface area contributed by atoms with Crippen LogP contribution in [-0.2, 0) is 14.8 Å². The van der Waals surface area contributed by atoms with Gasteiger partial charge in [-0.05, 0) is 44.9 Å². The monoisotopic (exact) mass is 424 g/mol. The van der Waals surface area contributed by atoms with Gasteiger partial charge in [-0.25, -0.2) is 8.42 Å². The van der Waals surface area contributed by atoms with Gasteiger partial charge in [0.15, 0.2) is 0 Å². The Bertz CT molecular complexity index is 879. The van der Waals surface area contributed by atoms with Crippen LogP contribution in [0.3, 0.4) is 0 Å². The van der Waals surface area contributed by atoms with E-state index in [0.29, 0.717) is 37.6 Å². The van der Waals surface area contributed by atoms with Crippen molar-refractivity contribution >= 4 is 27.3 Å². The van der Waals surface area contributed by atoms with Crippen LogP contribution < -0.4 is 10.2 Å². The summed E-state index contributed by atoms with van der Waals surface area (Å²) in [6.45, 7) is 6.29. The van der Waals surface area contributed by atoms with E-state index in [2.05, 4.69) is 5.32 Å². The number of nitrogens with zero attached hydrogens (tertiary/aromatic N) is 3. The van der Waals surface area contributed by atoms with Crippen molar-refractivity contribution in [3.05, 3.63) is 28.3 Å². The third kappa shape index (κ3) is 4.53. The Morgan fingerprint density at radius 3 is 2.45 bits per heavy atom. The third-order valence-corrected chi connectivity index (χ3v) is 7.54. The summed E-state index contributed by atoms with van der Waals surface area (Å²) in [4.78, 5) is 25.1. The summed E-state index contributed by atoms with van der Waals surface area (Å²) < 4.78 is 27.6. The molecule has 3 rings (SSSR count). The molecule has 1 saturated heterocycles. The van der Waals surface area contributed by atoms with Crippen LogP contribution in [0, 0.1) is 16.0 Å². The van der Waals surface area contributed by atoms with Gasteiger partial charge in [-0.1, -0.05) is 6.42 Å². The van der Waals surface area contributed by atoms with Crippen molar-refractivity contribution in [2.75, 3.05) is 36.4 Å². The molecule has 2 fully saturated rings. The van der Waals surface area contributed by atoms with Crippen LogP contribution in [0.25, 0.3) is 0 Å². The van der Waals surface area contributed by atoms with Crippen LogP contribution in [0.4, 0.5) is 11.4 Å². The van der Waals surface area contributed by atoms with Crippen LogP contribution in [0.2, 0.25) is 0 Å². The number of amides is 1. The lowest BCUT2D eigenvalue weighted by Gasteiger charge is -2.28. The van der Waals surface area contributed by atoms with E-state index in [1.54, 1.807) is 12.1 Å². The highest BCUT2D eigenvalue weighted by molar-refractivity contribution is 7.89. The van der Waals surface area contributed by atoms with E-state index in [-0.39, 0.29) is 11.3 Å². The smallest absolute Gasteiger partial charge is 0.243 e. The summed E-state index contributed by atoms with van der Waals surface area (Å²) in [5.74, 6) is -1.11. The maximum atomic E-state index is 13.0. The molecule has 9 nitrogen and oxygen atoms in total. The molecule has 2 atom stereocenters. The molecule has 0 aromatic heterocycles. The van der Waals surface area contributed by atoms with Crippen molar-refractivity contribution in [3.63, 3.8) is 0 Å². The molecule has 1 aromatic rings. The largest absolute Gasteiger partial charge is 0.370 e. The SMILES string of the molecule is CCN(CC)c1ccc(S(=O)(=O)N2CCCCC2)cc1NC(=O)C1CC1[N+](=O)[O-]. The van der Waals surface area contributed by atoms with Gasteiger partial charge in [-0.3, -0.25) is 14.9 Å². The highest BCUT2D eigenvalue weighted by Gasteiger charge is 2.53. The minimum atomic E-state index is -3.65. The fraction of sp³-hybridized carbons (Fsp3) is 0.632. The lowest BCUT2D eigenvalue weighted by atomic mass is 10.2. The summed E-state index contributed by atoms with van der Waals surface area (Å²) in [5, 5.41) is 13.6. The highest BCUT2D eigenvalue weighted by Crippen LogP contribution is 2.36. The second kappa shape index (κ2) is 8.66. The van der Waals surface area contributed by atoms with Crippen molar-refractivity contribution in [2.24, 2.45) is 5.92 Å². The number of benzene rings is 1. The molecule has 1 saturated carbocycles. The molecule has 160 valence electrons. The number of nitrogens with one attached hydrogen (secondary N) is 1. The maximum Gasteiger partial charge on any atom is 0.243 e. The molecular formula is C19H28N4O5S. The first-order valence-corrected chi connectivity index (χ1v) is 11.6. The number of rotatable bonds is 8. The van der Waals surface area contributed by atoms with Gasteiger partial charge in [0, 0.05) is 37.5 Å². The van der Waals surface area contributed by atoms with Gasteiger partial charge in [0.2, 0.25) is 22.0 Å². The molecule has 0 spiro atoms. The summed E-state index contributed by atoms with van der Waals surface area (Å²) in [5.41, 5.74) is 1.09. The Balaban J connectivity index is 1.91. The molecule has 1 heterocycles. The van der Waals surface area contributed by atoms with Crippen LogP contribution in [-0.4, -0.2) is 55.8 Å². The van der Waals surface area contributed by atoms with Gasteiger partial charge in [0.05, 0.1) is 16.3 Å². The van der Waals surface area contributed by atoms with E-state index >= 15 is 0 Å². The van der Waals surface area contributed by atoms with Crippen molar-refractivity contribution in [3.8, 4) is 0 Å². The molecule has 0 radical (unpaired) electrons. The van der Waals surface area contributed by atoms with E-state index in [1.807, 2.05) is 18.7 Å². The Morgan fingerprint density at radius 1 is 1.24 bits per heavy atom. The predicted molar refractivity (Wildman–Crippen MR) is 110 cm³/mol. The number of hydrogen-bond donors (Lipinski definition) is 1. The normalized spacial score (nSPS) is 22.1. The third-order valence-electron chi connectivity index (χ3n) is 5.65. The quantitative estimate of drug-likeness (QED) is 0.506. The number of carbonyl (C=O) groups excluding carboxylic acids is 1. The highest BCUT2D eigenvalue weighted by atomic mass is 32.2. The molecule has 10 heteroatoms. The standard InChI is InChI=1S/C19H28N4O5S/c1-3-21(4-2)17-9-8-14(29(27,28)22-10-6-5-7-11-22)12-16(17)20-19(24)15-13-18(15)23(25)26/h8-9,12,15,18H,3-7,10-11,13H2,1-2H3,(H,20,24). The number of nitro groups is 1. The van der Waals surface area contributed by atoms with E-state index in [9.17, 15) is 23.3 Å². The average Bonchev–Trinajstić information content (AvgIpc) is 3.52. The number of anilines is 2. The number of hydrogen-bond acceptors (Lipinski definition) is 6. The molecule has 0 bridgehead atoms. The fourth-order valence-electron chi connectivity index (χ4n) is 3.79. The minimum Gasteiger partial charge on any atom is -0.370 e. The van der Waals surface area contributed by atoms with E-state index in [0.717, 1.165) is 19.3 Å². The minimum absolute atomic E-state index is 0.132. The Labute approximate surface area is 171 Å². The van der Waals surface area contributed by atoms with Gasteiger partial charge >= 0.3 is 0 Å². The predicted octanol–water partition coefficient (Wildman–Crippen LogP) is 2.31. The van der Waals surface area contributed by atoms with Crippen LogP contribution >= 0.6 is 0 Å². The van der Waals surface area contributed by atoms with E-state index in [4.69, 9.17) is 0 Å². The van der Waals surface area contributed by atoms with Gasteiger partial charge < -0.3 is 10.2 Å². The second-order valence-electron chi connectivity index (χ2n) is 7.50. The molecular weight excluding hydrogens is 396 g/mol. The summed E-state index contributed by atoms with van der Waals surface area (Å²) in [6, 6.07) is 3.91. The lowest BCUT2D eigenvalue weighted by molar-refractivity contribution is -0.497. The van der Waals surface area contributed by atoms with E-state index in [1.165, 1.54) is 10.4 Å². The summed E-state index contributed by atoms with van der Waals surface area (Å²) in [6.07, 6.45) is 2.91. The van der Waals surface area contributed by atoms with Gasteiger partial charge in [-0.2, -0.15) is 4.31 Å². The molecule has 1 N–H and O–H groups in total. The molecule has 1 aliphatic heterocycles. The van der Waals surface area contributed by atoms with Crippen molar-refractivity contribution < 1.29 is 18.1 Å². The Hall–Kier alpha value is -2.20. The van der Waals surface area contributed by atoms with Gasteiger partial charge in [0.25, 0.3) is 0 Å². The second-order valence-corrected chi connectivity index (χ2v) is 9.44. The fourth-order valence-corrected chi connectivity index (χ4v) is 5.34. The Morgan fingerprint density at radius 2 is 1.90 bits per heavy atom. The molecule has 2 unspecified atom stereocenters. The number of sulfonamides is 1. The summed E-state index contributed by atoms with van der Waals surface area (Å²) >= 11 is 0. The topological polar surface area (TPSA) is 113 Å². The summed E-state index contributed by atoms with van der Waals surface area (Å²) in [7, 11) is -3.65. The van der Waals surface area contributed by atoms with Crippen LogP contribution in [0.15, 0.2) is 23.1 Å².